The first kappa shape index (κ1) is 17.2. The number of nitrogens with zero attached hydrogens (tertiary/aromatic N) is 1. The molecule has 0 atom stereocenters. The average molecular weight is 290 g/mol. The number of hydrogen-bond acceptors (Lipinski definition) is 2. The molecule has 0 radical (unpaired) electrons. The topological polar surface area (TPSA) is 49.4 Å². The van der Waals surface area contributed by atoms with Gasteiger partial charge in [0.1, 0.15) is 0 Å². The third kappa shape index (κ3) is 5.21. The van der Waals surface area contributed by atoms with E-state index in [1.807, 2.05) is 52.8 Å². The molecular weight excluding hydrogens is 264 g/mol. The fourth-order valence-corrected chi connectivity index (χ4v) is 2.17. The van der Waals surface area contributed by atoms with Gasteiger partial charge in [-0.05, 0) is 51.8 Å². The molecule has 0 unspecified atom stereocenters. The second-order valence-electron chi connectivity index (χ2n) is 6.44. The fourth-order valence-electron chi connectivity index (χ4n) is 2.17. The lowest BCUT2D eigenvalue weighted by atomic mass is 10.1. The molecule has 1 rings (SSSR count). The summed E-state index contributed by atoms with van der Waals surface area (Å²) in [6.07, 6.45) is 0.296. The van der Waals surface area contributed by atoms with Gasteiger partial charge in [0.15, 0.2) is 0 Å². The van der Waals surface area contributed by atoms with Crippen LogP contribution in [0.5, 0.6) is 0 Å². The Hall–Kier alpha value is -1.84. The van der Waals surface area contributed by atoms with Crippen LogP contribution in [0.4, 0.5) is 5.69 Å². The summed E-state index contributed by atoms with van der Waals surface area (Å²) in [6.45, 7) is 11.8. The highest BCUT2D eigenvalue weighted by Crippen LogP contribution is 2.23. The van der Waals surface area contributed by atoms with Crippen molar-refractivity contribution in [1.29, 1.82) is 0 Å². The van der Waals surface area contributed by atoms with E-state index in [2.05, 4.69) is 5.32 Å². The minimum atomic E-state index is -0.253. The zero-order chi connectivity index (χ0) is 16.2. The van der Waals surface area contributed by atoms with Crippen LogP contribution in [0.1, 0.15) is 45.2 Å². The van der Waals surface area contributed by atoms with Crippen molar-refractivity contribution in [3.8, 4) is 0 Å². The molecule has 0 bridgehead atoms. The second kappa shape index (κ2) is 6.74. The Morgan fingerprint density at radius 3 is 2.33 bits per heavy atom. The van der Waals surface area contributed by atoms with Crippen molar-refractivity contribution >= 4 is 17.5 Å². The van der Waals surface area contributed by atoms with E-state index in [4.69, 9.17) is 0 Å². The van der Waals surface area contributed by atoms with E-state index < -0.39 is 0 Å². The predicted octanol–water partition coefficient (Wildman–Crippen LogP) is 2.96. The van der Waals surface area contributed by atoms with Gasteiger partial charge in [-0.25, -0.2) is 0 Å². The van der Waals surface area contributed by atoms with Crippen LogP contribution in [0, 0.1) is 13.8 Å². The van der Waals surface area contributed by atoms with Crippen LogP contribution in [0.2, 0.25) is 0 Å². The van der Waals surface area contributed by atoms with Crippen LogP contribution >= 0.6 is 0 Å². The fraction of sp³-hybridized carbons (Fsp3) is 0.529. The zero-order valence-corrected chi connectivity index (χ0v) is 13.9. The number of carbonyl (C=O) groups excluding carboxylic acids is 2. The summed E-state index contributed by atoms with van der Waals surface area (Å²) in [6, 6.07) is 5.87. The van der Waals surface area contributed by atoms with Crippen molar-refractivity contribution in [2.75, 3.05) is 11.4 Å². The highest BCUT2D eigenvalue weighted by Gasteiger charge is 2.18. The Labute approximate surface area is 127 Å². The molecule has 1 aromatic rings. The molecule has 1 aromatic carbocycles. The van der Waals surface area contributed by atoms with E-state index in [-0.39, 0.29) is 17.4 Å². The summed E-state index contributed by atoms with van der Waals surface area (Å²) in [5, 5.41) is 2.91. The van der Waals surface area contributed by atoms with Crippen LogP contribution in [0.25, 0.3) is 0 Å². The number of anilines is 1. The Morgan fingerprint density at radius 1 is 1.19 bits per heavy atom. The van der Waals surface area contributed by atoms with Crippen molar-refractivity contribution in [1.82, 2.24) is 5.32 Å². The number of hydrogen-bond donors (Lipinski definition) is 1. The van der Waals surface area contributed by atoms with E-state index in [0.29, 0.717) is 13.0 Å². The first-order valence-corrected chi connectivity index (χ1v) is 7.27. The summed E-state index contributed by atoms with van der Waals surface area (Å²) in [5.41, 5.74) is 2.84. The molecule has 1 N–H and O–H groups in total. The molecule has 0 fully saturated rings. The summed E-state index contributed by atoms with van der Waals surface area (Å²) in [4.78, 5) is 25.5. The maximum absolute atomic E-state index is 11.9. The Morgan fingerprint density at radius 2 is 1.81 bits per heavy atom. The Kier molecular flexibility index (Phi) is 5.53. The van der Waals surface area contributed by atoms with Crippen LogP contribution in [-0.4, -0.2) is 23.9 Å². The molecule has 0 saturated heterocycles. The molecule has 0 aliphatic rings. The van der Waals surface area contributed by atoms with Crippen molar-refractivity contribution in [3.05, 3.63) is 29.3 Å². The molecule has 116 valence electrons. The molecule has 4 nitrogen and oxygen atoms in total. The Balaban J connectivity index is 2.83. The number of benzene rings is 1. The van der Waals surface area contributed by atoms with Gasteiger partial charge in [-0.1, -0.05) is 12.1 Å². The summed E-state index contributed by atoms with van der Waals surface area (Å²) in [5.74, 6) is -0.0914. The van der Waals surface area contributed by atoms with Gasteiger partial charge in [0.2, 0.25) is 11.8 Å². The first-order valence-electron chi connectivity index (χ1n) is 7.27. The largest absolute Gasteiger partial charge is 0.351 e. The molecule has 4 heteroatoms. The monoisotopic (exact) mass is 290 g/mol. The number of aryl methyl sites for hydroxylation is 1. The molecule has 21 heavy (non-hydrogen) atoms. The quantitative estimate of drug-likeness (QED) is 0.927. The summed E-state index contributed by atoms with van der Waals surface area (Å²) in [7, 11) is 0. The minimum absolute atomic E-state index is 0.0425. The molecule has 2 amide bonds. The van der Waals surface area contributed by atoms with Crippen LogP contribution < -0.4 is 10.2 Å². The maximum atomic E-state index is 11.9. The first-order chi connectivity index (χ1) is 9.61. The van der Waals surface area contributed by atoms with E-state index in [0.717, 1.165) is 16.8 Å². The molecule has 0 saturated carbocycles. The van der Waals surface area contributed by atoms with E-state index in [9.17, 15) is 9.59 Å². The molecule has 0 aliphatic carbocycles. The molecular formula is C17H26N2O2. The van der Waals surface area contributed by atoms with Gasteiger partial charge in [0, 0.05) is 31.1 Å². The molecule has 0 aromatic heterocycles. The van der Waals surface area contributed by atoms with Gasteiger partial charge >= 0.3 is 0 Å². The van der Waals surface area contributed by atoms with E-state index in [1.165, 1.54) is 6.92 Å². The second-order valence-corrected chi connectivity index (χ2v) is 6.44. The van der Waals surface area contributed by atoms with Crippen LogP contribution in [-0.2, 0) is 9.59 Å². The highest BCUT2D eigenvalue weighted by molar-refractivity contribution is 5.93. The van der Waals surface area contributed by atoms with Gasteiger partial charge < -0.3 is 10.2 Å². The van der Waals surface area contributed by atoms with Crippen LogP contribution in [0.3, 0.4) is 0 Å². The van der Waals surface area contributed by atoms with Crippen molar-refractivity contribution < 1.29 is 9.59 Å². The van der Waals surface area contributed by atoms with Gasteiger partial charge in [0.05, 0.1) is 0 Å². The predicted molar refractivity (Wildman–Crippen MR) is 86.5 cm³/mol. The smallest absolute Gasteiger partial charge is 0.223 e. The van der Waals surface area contributed by atoms with Crippen molar-refractivity contribution in [2.45, 2.75) is 53.5 Å². The highest BCUT2D eigenvalue weighted by atomic mass is 16.2. The summed E-state index contributed by atoms with van der Waals surface area (Å²) < 4.78 is 0. The lowest BCUT2D eigenvalue weighted by Gasteiger charge is -2.25. The third-order valence-corrected chi connectivity index (χ3v) is 3.32. The van der Waals surface area contributed by atoms with Crippen molar-refractivity contribution in [3.63, 3.8) is 0 Å². The molecule has 0 spiro atoms. The SMILES string of the molecule is CC(=O)N(CCC(=O)NC(C)(C)C)c1cccc(C)c1C. The third-order valence-electron chi connectivity index (χ3n) is 3.32. The Bertz CT molecular complexity index is 530. The standard InChI is InChI=1S/C17H26N2O2/c1-12-8-7-9-15(13(12)2)19(14(3)20)11-10-16(21)18-17(4,5)6/h7-9H,10-11H2,1-6H3,(H,18,21). The lowest BCUT2D eigenvalue weighted by Crippen LogP contribution is -2.42. The van der Waals surface area contributed by atoms with E-state index in [1.54, 1.807) is 4.90 Å². The normalized spacial score (nSPS) is 11.1. The van der Waals surface area contributed by atoms with Gasteiger partial charge in [0.25, 0.3) is 0 Å². The number of carbonyl (C=O) groups is 2. The summed E-state index contributed by atoms with van der Waals surface area (Å²) >= 11 is 0. The number of nitrogens with one attached hydrogen (secondary N) is 1. The molecule has 0 aliphatic heterocycles. The lowest BCUT2D eigenvalue weighted by molar-refractivity contribution is -0.122. The maximum Gasteiger partial charge on any atom is 0.223 e. The zero-order valence-electron chi connectivity index (χ0n) is 13.9. The van der Waals surface area contributed by atoms with Gasteiger partial charge in [-0.2, -0.15) is 0 Å². The van der Waals surface area contributed by atoms with Gasteiger partial charge in [-0.15, -0.1) is 0 Å². The number of amides is 2. The van der Waals surface area contributed by atoms with E-state index >= 15 is 0 Å². The number of rotatable bonds is 4. The van der Waals surface area contributed by atoms with Gasteiger partial charge in [-0.3, -0.25) is 9.59 Å². The minimum Gasteiger partial charge on any atom is -0.351 e. The van der Waals surface area contributed by atoms with Crippen LogP contribution in [0.15, 0.2) is 18.2 Å². The van der Waals surface area contributed by atoms with Crippen molar-refractivity contribution in [2.24, 2.45) is 0 Å². The molecule has 0 heterocycles. The average Bonchev–Trinajstić information content (AvgIpc) is 2.31.